The summed E-state index contributed by atoms with van der Waals surface area (Å²) in [6.07, 6.45) is 2.21. The van der Waals surface area contributed by atoms with Crippen molar-refractivity contribution in [1.29, 1.82) is 0 Å². The van der Waals surface area contributed by atoms with Crippen molar-refractivity contribution in [3.63, 3.8) is 0 Å². The number of nitrogens with zero attached hydrogens (tertiary/aromatic N) is 1. The van der Waals surface area contributed by atoms with Crippen molar-refractivity contribution in [3.05, 3.63) is 59.7 Å². The van der Waals surface area contributed by atoms with E-state index in [0.29, 0.717) is 18.3 Å². The van der Waals surface area contributed by atoms with Gasteiger partial charge in [0.1, 0.15) is 5.75 Å². The van der Waals surface area contributed by atoms with Crippen LogP contribution in [0.1, 0.15) is 30.0 Å². The third-order valence-corrected chi connectivity index (χ3v) is 6.44. The van der Waals surface area contributed by atoms with Gasteiger partial charge in [0.15, 0.2) is 0 Å². The lowest BCUT2D eigenvalue weighted by Crippen LogP contribution is -2.45. The van der Waals surface area contributed by atoms with E-state index < -0.39 is 5.91 Å². The first-order chi connectivity index (χ1) is 14.2. The van der Waals surface area contributed by atoms with Crippen LogP contribution in [0.3, 0.4) is 0 Å². The Morgan fingerprint density at radius 3 is 2.76 bits per heavy atom. The lowest BCUT2D eigenvalue weighted by atomic mass is 9.92. The van der Waals surface area contributed by atoms with Crippen molar-refractivity contribution >= 4 is 29.3 Å². The molecular formula is C22H25N3O3S. The van der Waals surface area contributed by atoms with Gasteiger partial charge in [0.05, 0.1) is 18.6 Å². The first kappa shape index (κ1) is 19.9. The highest BCUT2D eigenvalue weighted by Gasteiger charge is 2.32. The standard InChI is InChI=1S/C22H25N3O3S/c1-28-20-10-9-17(25-22(27)19(26)14-29-25)12-16(20)13-24-18-8-5-11-23-21(18)15-6-3-2-4-7-15/h2-4,6-7,9-10,12,18,21,23-24H,5,8,11,13-14H2,1H3/t18-,21-/m1/s1. The van der Waals surface area contributed by atoms with Gasteiger partial charge in [-0.05, 0) is 55.1 Å². The van der Waals surface area contributed by atoms with E-state index in [1.54, 1.807) is 7.11 Å². The third-order valence-electron chi connectivity index (χ3n) is 5.42. The fourth-order valence-electron chi connectivity index (χ4n) is 3.94. The second-order valence-corrected chi connectivity index (χ2v) is 8.18. The first-order valence-corrected chi connectivity index (χ1v) is 10.8. The summed E-state index contributed by atoms with van der Waals surface area (Å²) in [5, 5.41) is 7.31. The molecule has 0 aliphatic carbocycles. The number of amides is 1. The zero-order valence-corrected chi connectivity index (χ0v) is 17.2. The quantitative estimate of drug-likeness (QED) is 0.563. The molecule has 0 aromatic heterocycles. The minimum atomic E-state index is -0.459. The Kier molecular flexibility index (Phi) is 6.18. The minimum Gasteiger partial charge on any atom is -0.496 e. The molecule has 0 spiro atoms. The summed E-state index contributed by atoms with van der Waals surface area (Å²) in [5.41, 5.74) is 2.96. The molecule has 2 aliphatic rings. The molecule has 7 heteroatoms. The number of benzene rings is 2. The molecule has 0 saturated carbocycles. The number of hydrogen-bond donors (Lipinski definition) is 2. The number of ether oxygens (including phenoxy) is 1. The second-order valence-electron chi connectivity index (χ2n) is 7.26. The highest BCUT2D eigenvalue weighted by atomic mass is 32.2. The van der Waals surface area contributed by atoms with Crippen LogP contribution in [0.25, 0.3) is 0 Å². The number of ketones is 1. The largest absolute Gasteiger partial charge is 0.496 e. The molecule has 2 aliphatic heterocycles. The normalized spacial score (nSPS) is 22.2. The Hall–Kier alpha value is -2.35. The number of carbonyl (C=O) groups excluding carboxylic acids is 2. The van der Waals surface area contributed by atoms with Crippen LogP contribution in [0.2, 0.25) is 0 Å². The van der Waals surface area contributed by atoms with Gasteiger partial charge in [-0.1, -0.05) is 30.3 Å². The lowest BCUT2D eigenvalue weighted by Gasteiger charge is -2.34. The van der Waals surface area contributed by atoms with E-state index in [9.17, 15) is 9.59 Å². The first-order valence-electron chi connectivity index (χ1n) is 9.86. The van der Waals surface area contributed by atoms with E-state index in [1.807, 2.05) is 24.3 Å². The fraction of sp³-hybridized carbons (Fsp3) is 0.364. The molecule has 1 amide bonds. The summed E-state index contributed by atoms with van der Waals surface area (Å²) < 4.78 is 7.00. The topological polar surface area (TPSA) is 70.7 Å². The Morgan fingerprint density at radius 1 is 1.21 bits per heavy atom. The van der Waals surface area contributed by atoms with Gasteiger partial charge in [0.25, 0.3) is 0 Å². The number of rotatable bonds is 6. The van der Waals surface area contributed by atoms with Crippen LogP contribution in [-0.4, -0.2) is 37.1 Å². The molecule has 2 aromatic rings. The van der Waals surface area contributed by atoms with Gasteiger partial charge in [0.2, 0.25) is 5.78 Å². The molecule has 4 rings (SSSR count). The average molecular weight is 412 g/mol. The molecule has 2 saturated heterocycles. The van der Waals surface area contributed by atoms with Gasteiger partial charge < -0.3 is 15.4 Å². The van der Waals surface area contributed by atoms with Crippen LogP contribution in [0.5, 0.6) is 5.75 Å². The lowest BCUT2D eigenvalue weighted by molar-refractivity contribution is -0.133. The van der Waals surface area contributed by atoms with Crippen molar-refractivity contribution in [2.75, 3.05) is 23.7 Å². The molecule has 6 nitrogen and oxygen atoms in total. The minimum absolute atomic E-state index is 0.199. The number of methoxy groups -OCH3 is 1. The highest BCUT2D eigenvalue weighted by molar-refractivity contribution is 8.03. The molecule has 2 atom stereocenters. The Morgan fingerprint density at radius 2 is 2.03 bits per heavy atom. The molecular weight excluding hydrogens is 386 g/mol. The van der Waals surface area contributed by atoms with Crippen LogP contribution in [0.4, 0.5) is 5.69 Å². The summed E-state index contributed by atoms with van der Waals surface area (Å²) in [7, 11) is 1.65. The van der Waals surface area contributed by atoms with E-state index in [-0.39, 0.29) is 17.6 Å². The summed E-state index contributed by atoms with van der Waals surface area (Å²) in [5.74, 6) is 0.152. The molecule has 0 radical (unpaired) electrons. The van der Waals surface area contributed by atoms with Gasteiger partial charge in [0, 0.05) is 24.2 Å². The van der Waals surface area contributed by atoms with Crippen molar-refractivity contribution in [3.8, 4) is 5.75 Å². The van der Waals surface area contributed by atoms with Crippen LogP contribution in [0.15, 0.2) is 48.5 Å². The van der Waals surface area contributed by atoms with E-state index in [0.717, 1.165) is 30.7 Å². The maximum absolute atomic E-state index is 12.1. The molecule has 0 unspecified atom stereocenters. The van der Waals surface area contributed by atoms with Crippen molar-refractivity contribution in [2.45, 2.75) is 31.5 Å². The summed E-state index contributed by atoms with van der Waals surface area (Å²) >= 11 is 1.24. The van der Waals surface area contributed by atoms with Crippen molar-refractivity contribution in [1.82, 2.24) is 10.6 Å². The van der Waals surface area contributed by atoms with E-state index in [4.69, 9.17) is 4.74 Å². The molecule has 2 heterocycles. The second kappa shape index (κ2) is 8.98. The number of piperidine rings is 1. The van der Waals surface area contributed by atoms with Gasteiger partial charge in [-0.3, -0.25) is 9.59 Å². The number of anilines is 1. The molecule has 152 valence electrons. The van der Waals surface area contributed by atoms with Gasteiger partial charge >= 0.3 is 5.91 Å². The van der Waals surface area contributed by atoms with Gasteiger partial charge in [-0.2, -0.15) is 0 Å². The Labute approximate surface area is 175 Å². The van der Waals surface area contributed by atoms with Crippen LogP contribution in [-0.2, 0) is 16.1 Å². The maximum atomic E-state index is 12.1. The number of nitrogens with one attached hydrogen (secondary N) is 2. The average Bonchev–Trinajstić information content (AvgIpc) is 3.11. The maximum Gasteiger partial charge on any atom is 0.305 e. The van der Waals surface area contributed by atoms with Gasteiger partial charge in [-0.25, -0.2) is 4.31 Å². The molecule has 2 aromatic carbocycles. The van der Waals surface area contributed by atoms with E-state index >= 15 is 0 Å². The Balaban J connectivity index is 1.51. The summed E-state index contributed by atoms with van der Waals surface area (Å²) in [6.45, 7) is 1.63. The van der Waals surface area contributed by atoms with E-state index in [2.05, 4.69) is 34.9 Å². The van der Waals surface area contributed by atoms with Crippen LogP contribution >= 0.6 is 11.9 Å². The van der Waals surface area contributed by atoms with Crippen molar-refractivity contribution in [2.24, 2.45) is 0 Å². The number of carbonyl (C=O) groups is 2. The third kappa shape index (κ3) is 4.32. The number of Topliss-reactive ketones (excluding diaryl/α,β-unsaturated/α-hetero) is 1. The monoisotopic (exact) mass is 411 g/mol. The Bertz CT molecular complexity index is 890. The van der Waals surface area contributed by atoms with E-state index in [1.165, 1.54) is 21.8 Å². The summed E-state index contributed by atoms with van der Waals surface area (Å²) in [6, 6.07) is 16.7. The highest BCUT2D eigenvalue weighted by Crippen LogP contribution is 2.32. The molecule has 0 bridgehead atoms. The fourth-order valence-corrected chi connectivity index (χ4v) is 4.79. The van der Waals surface area contributed by atoms with Gasteiger partial charge in [-0.15, -0.1) is 0 Å². The zero-order valence-electron chi connectivity index (χ0n) is 16.4. The van der Waals surface area contributed by atoms with Crippen molar-refractivity contribution < 1.29 is 14.3 Å². The SMILES string of the molecule is COc1ccc(N2SCC(=O)C2=O)cc1CN[C@@H]1CCCN[C@@H]1c1ccccc1. The number of hydrogen-bond acceptors (Lipinski definition) is 6. The molecule has 29 heavy (non-hydrogen) atoms. The molecule has 2 N–H and O–H groups in total. The predicted molar refractivity (Wildman–Crippen MR) is 115 cm³/mol. The van der Waals surface area contributed by atoms with Crippen LogP contribution in [0, 0.1) is 0 Å². The molecule has 2 fully saturated rings. The predicted octanol–water partition coefficient (Wildman–Crippen LogP) is 2.84. The van der Waals surface area contributed by atoms with Crippen LogP contribution < -0.4 is 19.7 Å². The summed E-state index contributed by atoms with van der Waals surface area (Å²) in [4.78, 5) is 23.7. The smallest absolute Gasteiger partial charge is 0.305 e. The zero-order chi connectivity index (χ0) is 20.2.